The van der Waals surface area contributed by atoms with Gasteiger partial charge in [-0.15, -0.1) is 0 Å². The SMILES string of the molecule is CC1(C)[C@H](C(=O)NCCc2ccccc2)[C@@H]1C=C(Cl)Cl. The molecule has 1 fully saturated rings. The summed E-state index contributed by atoms with van der Waals surface area (Å²) in [4.78, 5) is 12.2. The van der Waals surface area contributed by atoms with Crippen LogP contribution in [0, 0.1) is 17.3 Å². The Morgan fingerprint density at radius 1 is 1.30 bits per heavy atom. The van der Waals surface area contributed by atoms with E-state index in [2.05, 4.69) is 31.3 Å². The number of rotatable bonds is 5. The number of allylic oxidation sites excluding steroid dienone is 1. The lowest BCUT2D eigenvalue weighted by molar-refractivity contribution is -0.123. The fraction of sp³-hybridized carbons (Fsp3) is 0.438. The van der Waals surface area contributed by atoms with Gasteiger partial charge in [0.05, 0.1) is 5.92 Å². The third-order valence-corrected chi connectivity index (χ3v) is 4.31. The Kier molecular flexibility index (Phi) is 4.77. The van der Waals surface area contributed by atoms with Gasteiger partial charge in [0, 0.05) is 6.54 Å². The van der Waals surface area contributed by atoms with Crippen molar-refractivity contribution in [2.45, 2.75) is 20.3 Å². The van der Waals surface area contributed by atoms with Crippen LogP contribution in [0.1, 0.15) is 19.4 Å². The molecule has 0 aliphatic heterocycles. The summed E-state index contributed by atoms with van der Waals surface area (Å²) in [6, 6.07) is 10.1. The molecule has 0 heterocycles. The lowest BCUT2D eigenvalue weighted by Gasteiger charge is -2.06. The van der Waals surface area contributed by atoms with E-state index in [0.29, 0.717) is 6.54 Å². The van der Waals surface area contributed by atoms with Gasteiger partial charge in [-0.2, -0.15) is 0 Å². The van der Waals surface area contributed by atoms with E-state index >= 15 is 0 Å². The van der Waals surface area contributed by atoms with Crippen LogP contribution in [0.15, 0.2) is 40.9 Å². The summed E-state index contributed by atoms with van der Waals surface area (Å²) < 4.78 is 0.239. The molecular weight excluding hydrogens is 293 g/mol. The second kappa shape index (κ2) is 6.19. The highest BCUT2D eigenvalue weighted by atomic mass is 35.5. The second-order valence-electron chi connectivity index (χ2n) is 5.81. The quantitative estimate of drug-likeness (QED) is 0.877. The van der Waals surface area contributed by atoms with Crippen LogP contribution in [0.2, 0.25) is 0 Å². The molecule has 108 valence electrons. The molecule has 1 aliphatic rings. The summed E-state index contributed by atoms with van der Waals surface area (Å²) in [6.07, 6.45) is 2.61. The number of carbonyl (C=O) groups is 1. The maximum absolute atomic E-state index is 12.2. The molecule has 0 aromatic heterocycles. The van der Waals surface area contributed by atoms with E-state index in [1.54, 1.807) is 6.08 Å². The third kappa shape index (κ3) is 3.56. The topological polar surface area (TPSA) is 29.1 Å². The van der Waals surface area contributed by atoms with Gasteiger partial charge >= 0.3 is 0 Å². The zero-order chi connectivity index (χ0) is 14.8. The van der Waals surface area contributed by atoms with Gasteiger partial charge in [-0.25, -0.2) is 0 Å². The van der Waals surface area contributed by atoms with Crippen molar-refractivity contribution in [2.24, 2.45) is 17.3 Å². The minimum absolute atomic E-state index is 0.0363. The zero-order valence-corrected chi connectivity index (χ0v) is 13.2. The summed E-state index contributed by atoms with van der Waals surface area (Å²) in [5, 5.41) is 3.00. The van der Waals surface area contributed by atoms with E-state index in [1.807, 2.05) is 18.2 Å². The number of benzene rings is 1. The molecule has 0 bridgehead atoms. The van der Waals surface area contributed by atoms with Gasteiger partial charge < -0.3 is 5.32 Å². The zero-order valence-electron chi connectivity index (χ0n) is 11.7. The van der Waals surface area contributed by atoms with Crippen molar-refractivity contribution < 1.29 is 4.79 Å². The van der Waals surface area contributed by atoms with Crippen molar-refractivity contribution in [2.75, 3.05) is 6.54 Å². The highest BCUT2D eigenvalue weighted by Crippen LogP contribution is 2.59. The maximum atomic E-state index is 12.2. The molecule has 2 atom stereocenters. The first-order chi connectivity index (χ1) is 9.43. The number of amides is 1. The van der Waals surface area contributed by atoms with Gasteiger partial charge in [-0.1, -0.05) is 67.4 Å². The number of nitrogens with one attached hydrogen (secondary N) is 1. The Balaban J connectivity index is 1.83. The van der Waals surface area contributed by atoms with Crippen LogP contribution < -0.4 is 5.32 Å². The van der Waals surface area contributed by atoms with Crippen LogP contribution in [0.5, 0.6) is 0 Å². The molecule has 0 radical (unpaired) electrons. The highest BCUT2D eigenvalue weighted by Gasteiger charge is 2.60. The first-order valence-corrected chi connectivity index (χ1v) is 7.53. The molecule has 1 N–H and O–H groups in total. The summed E-state index contributed by atoms with van der Waals surface area (Å²) in [7, 11) is 0. The standard InChI is InChI=1S/C16H19Cl2NO/c1-16(2)12(10-13(17)18)14(16)15(20)19-9-8-11-6-4-3-5-7-11/h3-7,10,12,14H,8-9H2,1-2H3,(H,19,20)/t12-,14-/m0/s1. The van der Waals surface area contributed by atoms with Crippen molar-refractivity contribution in [3.05, 3.63) is 46.5 Å². The minimum atomic E-state index is -0.0636. The summed E-state index contributed by atoms with van der Waals surface area (Å²) in [5.74, 6) is 0.178. The van der Waals surface area contributed by atoms with E-state index in [9.17, 15) is 4.79 Å². The molecule has 2 nitrogen and oxygen atoms in total. The lowest BCUT2D eigenvalue weighted by atomic mass is 10.1. The smallest absolute Gasteiger partial charge is 0.224 e. The number of hydrogen-bond acceptors (Lipinski definition) is 1. The monoisotopic (exact) mass is 311 g/mol. The first kappa shape index (κ1) is 15.4. The van der Waals surface area contributed by atoms with Crippen LogP contribution in [-0.2, 0) is 11.2 Å². The van der Waals surface area contributed by atoms with Crippen molar-refractivity contribution >= 4 is 29.1 Å². The Morgan fingerprint density at radius 3 is 2.55 bits per heavy atom. The lowest BCUT2D eigenvalue weighted by Crippen LogP contribution is -2.28. The van der Waals surface area contributed by atoms with Crippen LogP contribution in [-0.4, -0.2) is 12.5 Å². The van der Waals surface area contributed by atoms with Crippen LogP contribution in [0.3, 0.4) is 0 Å². The molecule has 1 amide bonds. The van der Waals surface area contributed by atoms with Crippen molar-refractivity contribution in [3.63, 3.8) is 0 Å². The molecule has 0 saturated heterocycles. The van der Waals surface area contributed by atoms with Crippen molar-refractivity contribution in [3.8, 4) is 0 Å². The summed E-state index contributed by atoms with van der Waals surface area (Å²) in [6.45, 7) is 4.78. The molecule has 1 aromatic carbocycles. The number of hydrogen-bond donors (Lipinski definition) is 1. The predicted molar refractivity (Wildman–Crippen MR) is 83.7 cm³/mol. The van der Waals surface area contributed by atoms with Gasteiger partial charge in [0.25, 0.3) is 0 Å². The van der Waals surface area contributed by atoms with Gasteiger partial charge in [-0.05, 0) is 29.4 Å². The predicted octanol–water partition coefficient (Wildman–Crippen LogP) is 3.94. The largest absolute Gasteiger partial charge is 0.355 e. The second-order valence-corrected chi connectivity index (χ2v) is 6.82. The van der Waals surface area contributed by atoms with Gasteiger partial charge in [0.1, 0.15) is 4.49 Å². The van der Waals surface area contributed by atoms with Crippen LogP contribution >= 0.6 is 23.2 Å². The fourth-order valence-corrected chi connectivity index (χ4v) is 2.98. The van der Waals surface area contributed by atoms with Gasteiger partial charge in [0.2, 0.25) is 5.91 Å². The Bertz CT molecular complexity index is 506. The van der Waals surface area contributed by atoms with E-state index in [-0.39, 0.29) is 27.6 Å². The minimum Gasteiger partial charge on any atom is -0.355 e. The van der Waals surface area contributed by atoms with Gasteiger partial charge in [0.15, 0.2) is 0 Å². The average Bonchev–Trinajstić information content (AvgIpc) is 2.91. The molecule has 0 spiro atoms. The van der Waals surface area contributed by atoms with E-state index in [4.69, 9.17) is 23.2 Å². The Labute approximate surface area is 130 Å². The van der Waals surface area contributed by atoms with E-state index in [0.717, 1.165) is 6.42 Å². The number of halogens is 2. The number of carbonyl (C=O) groups excluding carboxylic acids is 1. The first-order valence-electron chi connectivity index (χ1n) is 6.77. The average molecular weight is 312 g/mol. The molecule has 0 unspecified atom stereocenters. The summed E-state index contributed by atoms with van der Waals surface area (Å²) in [5.41, 5.74) is 1.16. The van der Waals surface area contributed by atoms with Crippen molar-refractivity contribution in [1.29, 1.82) is 0 Å². The molecular formula is C16H19Cl2NO. The Morgan fingerprint density at radius 2 is 1.95 bits per heavy atom. The molecule has 2 rings (SSSR count). The fourth-order valence-electron chi connectivity index (χ4n) is 2.71. The van der Waals surface area contributed by atoms with Crippen LogP contribution in [0.4, 0.5) is 0 Å². The molecule has 1 aliphatic carbocycles. The van der Waals surface area contributed by atoms with Crippen molar-refractivity contribution in [1.82, 2.24) is 5.32 Å². The van der Waals surface area contributed by atoms with E-state index < -0.39 is 0 Å². The van der Waals surface area contributed by atoms with E-state index in [1.165, 1.54) is 5.56 Å². The molecule has 4 heteroatoms. The molecule has 20 heavy (non-hydrogen) atoms. The molecule has 1 aromatic rings. The normalized spacial score (nSPS) is 23.0. The Hall–Kier alpha value is -0.990. The molecule has 1 saturated carbocycles. The summed E-state index contributed by atoms with van der Waals surface area (Å²) >= 11 is 11.4. The van der Waals surface area contributed by atoms with Crippen LogP contribution in [0.25, 0.3) is 0 Å². The third-order valence-electron chi connectivity index (χ3n) is 4.05. The highest BCUT2D eigenvalue weighted by molar-refractivity contribution is 6.55. The van der Waals surface area contributed by atoms with Gasteiger partial charge in [-0.3, -0.25) is 4.79 Å². The maximum Gasteiger partial charge on any atom is 0.224 e.